The van der Waals surface area contributed by atoms with Crippen LogP contribution >= 0.6 is 23.4 Å². The predicted molar refractivity (Wildman–Crippen MR) is 74.7 cm³/mol. The Hall–Kier alpha value is -1.10. The fourth-order valence-electron chi connectivity index (χ4n) is 1.63. The van der Waals surface area contributed by atoms with Crippen molar-refractivity contribution < 1.29 is 8.78 Å². The first-order chi connectivity index (χ1) is 9.10. The Balaban J connectivity index is 2.23. The summed E-state index contributed by atoms with van der Waals surface area (Å²) in [6.45, 7) is 0.551. The highest BCUT2D eigenvalue weighted by molar-refractivity contribution is 7.99. The third-order valence-electron chi connectivity index (χ3n) is 2.54. The molecule has 2 aromatic carbocycles. The molecule has 2 N–H and O–H groups in total. The molecule has 2 rings (SSSR count). The summed E-state index contributed by atoms with van der Waals surface area (Å²) in [5.74, 6) is -1.18. The van der Waals surface area contributed by atoms with Gasteiger partial charge in [-0.3, -0.25) is 0 Å². The molecule has 2 aromatic rings. The van der Waals surface area contributed by atoms with Crippen LogP contribution in [-0.2, 0) is 6.42 Å². The van der Waals surface area contributed by atoms with Crippen LogP contribution in [0.25, 0.3) is 0 Å². The molecule has 0 radical (unpaired) electrons. The van der Waals surface area contributed by atoms with E-state index in [0.29, 0.717) is 16.5 Å². The van der Waals surface area contributed by atoms with Gasteiger partial charge in [-0.05, 0) is 42.8 Å². The first kappa shape index (κ1) is 14.3. The maximum Gasteiger partial charge on any atom is 0.140 e. The van der Waals surface area contributed by atoms with Crippen LogP contribution in [0, 0.1) is 11.6 Å². The number of benzene rings is 2. The molecule has 0 atom stereocenters. The Labute approximate surface area is 119 Å². The van der Waals surface area contributed by atoms with Gasteiger partial charge in [0.2, 0.25) is 0 Å². The van der Waals surface area contributed by atoms with Gasteiger partial charge in [0.05, 0.1) is 5.02 Å². The molecule has 0 aromatic heterocycles. The summed E-state index contributed by atoms with van der Waals surface area (Å²) in [7, 11) is 0. The molecule has 19 heavy (non-hydrogen) atoms. The quantitative estimate of drug-likeness (QED) is 0.912. The van der Waals surface area contributed by atoms with Crippen LogP contribution in [0.5, 0.6) is 0 Å². The summed E-state index contributed by atoms with van der Waals surface area (Å²) in [6, 6.07) is 9.03. The van der Waals surface area contributed by atoms with Crippen LogP contribution in [0.15, 0.2) is 46.2 Å². The second-order valence-corrected chi connectivity index (χ2v) is 5.47. The van der Waals surface area contributed by atoms with Crippen molar-refractivity contribution in [1.82, 2.24) is 0 Å². The Morgan fingerprint density at radius 3 is 2.42 bits per heavy atom. The Morgan fingerprint density at radius 2 is 1.79 bits per heavy atom. The summed E-state index contributed by atoms with van der Waals surface area (Å²) in [4.78, 5) is 1.07. The molecule has 1 nitrogen and oxygen atoms in total. The molecule has 0 unspecified atom stereocenters. The van der Waals surface area contributed by atoms with Gasteiger partial charge in [0.1, 0.15) is 11.6 Å². The zero-order valence-corrected chi connectivity index (χ0v) is 11.6. The lowest BCUT2D eigenvalue weighted by Gasteiger charge is -2.07. The summed E-state index contributed by atoms with van der Waals surface area (Å²) < 4.78 is 26.4. The smallest absolute Gasteiger partial charge is 0.140 e. The fourth-order valence-corrected chi connectivity index (χ4v) is 2.77. The molecule has 0 aliphatic carbocycles. The highest BCUT2D eigenvalue weighted by Crippen LogP contribution is 2.35. The molecule has 0 aliphatic heterocycles. The van der Waals surface area contributed by atoms with Crippen LogP contribution in [0.1, 0.15) is 5.56 Å². The van der Waals surface area contributed by atoms with Gasteiger partial charge in [0.15, 0.2) is 0 Å². The van der Waals surface area contributed by atoms with Crippen molar-refractivity contribution >= 4 is 23.4 Å². The van der Waals surface area contributed by atoms with Crippen molar-refractivity contribution in [2.75, 3.05) is 6.54 Å². The SMILES string of the molecule is NCCc1ccc(Sc2ccc(F)cc2F)c(Cl)c1. The van der Waals surface area contributed by atoms with E-state index in [4.69, 9.17) is 17.3 Å². The zero-order valence-electron chi connectivity index (χ0n) is 10.00. The summed E-state index contributed by atoms with van der Waals surface area (Å²) >= 11 is 7.31. The molecule has 0 saturated carbocycles. The second-order valence-electron chi connectivity index (χ2n) is 3.98. The van der Waals surface area contributed by atoms with Crippen molar-refractivity contribution in [2.24, 2.45) is 5.73 Å². The maximum absolute atomic E-state index is 13.5. The van der Waals surface area contributed by atoms with E-state index in [-0.39, 0.29) is 0 Å². The average molecular weight is 300 g/mol. The lowest BCUT2D eigenvalue weighted by atomic mass is 10.1. The van der Waals surface area contributed by atoms with Crippen LogP contribution in [0.4, 0.5) is 8.78 Å². The molecule has 0 spiro atoms. The second kappa shape index (κ2) is 6.37. The first-order valence-corrected chi connectivity index (χ1v) is 6.91. The summed E-state index contributed by atoms with van der Waals surface area (Å²) in [5, 5.41) is 0.541. The van der Waals surface area contributed by atoms with E-state index in [9.17, 15) is 8.78 Å². The minimum atomic E-state index is -0.591. The number of nitrogens with two attached hydrogens (primary N) is 1. The van der Waals surface area contributed by atoms with Crippen molar-refractivity contribution in [3.05, 3.63) is 58.6 Å². The fraction of sp³-hybridized carbons (Fsp3) is 0.143. The highest BCUT2D eigenvalue weighted by atomic mass is 35.5. The minimum absolute atomic E-state index is 0.342. The molecule has 100 valence electrons. The zero-order chi connectivity index (χ0) is 13.8. The van der Waals surface area contributed by atoms with E-state index >= 15 is 0 Å². The molecule has 0 bridgehead atoms. The van der Waals surface area contributed by atoms with Gasteiger partial charge in [-0.15, -0.1) is 0 Å². The van der Waals surface area contributed by atoms with E-state index in [0.717, 1.165) is 22.9 Å². The van der Waals surface area contributed by atoms with E-state index in [2.05, 4.69) is 0 Å². The number of hydrogen-bond acceptors (Lipinski definition) is 2. The standard InChI is InChI=1S/C14H12ClF2NS/c15-11-7-9(5-6-18)1-3-13(11)19-14-4-2-10(16)8-12(14)17/h1-4,7-8H,5-6,18H2. The van der Waals surface area contributed by atoms with Gasteiger partial charge in [-0.1, -0.05) is 29.4 Å². The summed E-state index contributed by atoms with van der Waals surface area (Å²) in [5.41, 5.74) is 6.51. The highest BCUT2D eigenvalue weighted by Gasteiger charge is 2.09. The number of rotatable bonds is 4. The monoisotopic (exact) mass is 299 g/mol. The first-order valence-electron chi connectivity index (χ1n) is 5.71. The van der Waals surface area contributed by atoms with Gasteiger partial charge in [-0.2, -0.15) is 0 Å². The van der Waals surface area contributed by atoms with Gasteiger partial charge in [0, 0.05) is 15.9 Å². The van der Waals surface area contributed by atoms with Crippen molar-refractivity contribution in [2.45, 2.75) is 16.2 Å². The van der Waals surface area contributed by atoms with Gasteiger partial charge >= 0.3 is 0 Å². The molecule has 0 fully saturated rings. The topological polar surface area (TPSA) is 26.0 Å². The number of hydrogen-bond donors (Lipinski definition) is 1. The molecule has 0 saturated heterocycles. The van der Waals surface area contributed by atoms with E-state index in [1.807, 2.05) is 18.2 Å². The maximum atomic E-state index is 13.5. The molecular weight excluding hydrogens is 288 g/mol. The molecule has 0 amide bonds. The van der Waals surface area contributed by atoms with Gasteiger partial charge < -0.3 is 5.73 Å². The van der Waals surface area contributed by atoms with E-state index < -0.39 is 11.6 Å². The van der Waals surface area contributed by atoms with Crippen molar-refractivity contribution in [3.8, 4) is 0 Å². The van der Waals surface area contributed by atoms with Crippen molar-refractivity contribution in [1.29, 1.82) is 0 Å². The Morgan fingerprint density at radius 1 is 1.05 bits per heavy atom. The number of halogens is 3. The van der Waals surface area contributed by atoms with E-state index in [1.54, 1.807) is 0 Å². The third kappa shape index (κ3) is 3.69. The van der Waals surface area contributed by atoms with Crippen LogP contribution in [0.3, 0.4) is 0 Å². The minimum Gasteiger partial charge on any atom is -0.330 e. The van der Waals surface area contributed by atoms with E-state index in [1.165, 1.54) is 23.9 Å². The molecule has 0 aliphatic rings. The van der Waals surface area contributed by atoms with Crippen molar-refractivity contribution in [3.63, 3.8) is 0 Å². The van der Waals surface area contributed by atoms with Gasteiger partial charge in [-0.25, -0.2) is 8.78 Å². The molecule has 5 heteroatoms. The average Bonchev–Trinajstić information content (AvgIpc) is 2.36. The molecular formula is C14H12ClF2NS. The normalized spacial score (nSPS) is 10.7. The molecule has 0 heterocycles. The Kier molecular flexibility index (Phi) is 4.80. The summed E-state index contributed by atoms with van der Waals surface area (Å²) in [6.07, 6.45) is 0.746. The third-order valence-corrected chi connectivity index (χ3v) is 4.09. The largest absolute Gasteiger partial charge is 0.330 e. The Bertz CT molecular complexity index is 590. The van der Waals surface area contributed by atoms with Crippen LogP contribution in [0.2, 0.25) is 5.02 Å². The predicted octanol–water partition coefficient (Wildman–Crippen LogP) is 4.27. The van der Waals surface area contributed by atoms with Crippen LogP contribution < -0.4 is 5.73 Å². The van der Waals surface area contributed by atoms with Gasteiger partial charge in [0.25, 0.3) is 0 Å². The lowest BCUT2D eigenvalue weighted by molar-refractivity contribution is 0.565. The lowest BCUT2D eigenvalue weighted by Crippen LogP contribution is -2.02. The van der Waals surface area contributed by atoms with Crippen LogP contribution in [-0.4, -0.2) is 6.54 Å².